The third kappa shape index (κ3) is 2.40. The minimum absolute atomic E-state index is 0. The normalized spacial score (nSPS) is 11.3. The van der Waals surface area contributed by atoms with Crippen LogP contribution in [0.5, 0.6) is 0 Å². The summed E-state index contributed by atoms with van der Waals surface area (Å²) in [6.07, 6.45) is 2.43. The predicted octanol–water partition coefficient (Wildman–Crippen LogP) is 2.52. The summed E-state index contributed by atoms with van der Waals surface area (Å²) in [5, 5.41) is 0.492. The molecule has 22 heavy (non-hydrogen) atoms. The van der Waals surface area contributed by atoms with Gasteiger partial charge in [0.2, 0.25) is 0 Å². The molecule has 1 aliphatic rings. The molecule has 0 saturated carbocycles. The number of aromatic nitrogens is 1. The standard InChI is InChI=1S/C16H9NO2S.U.V/c1-9-6-11-15(19)12(8-18)14-7-10-4-2-3-5-13(10)17(14)16(11)20-9;;/h2-5H,7H2,1H3;;/q-2;;. The van der Waals surface area contributed by atoms with Crippen molar-refractivity contribution in [1.82, 2.24) is 4.57 Å². The molecule has 1 aromatic carbocycles. The molecule has 4 rings (SSSR count). The van der Waals surface area contributed by atoms with Gasteiger partial charge >= 0.3 is 0 Å². The molecule has 1 radical (unpaired) electrons. The maximum atomic E-state index is 12.4. The molecule has 0 saturated heterocycles. The van der Waals surface area contributed by atoms with E-state index < -0.39 is 0 Å². The van der Waals surface area contributed by atoms with Gasteiger partial charge in [-0.25, -0.2) is 11.3 Å². The van der Waals surface area contributed by atoms with E-state index >= 15 is 0 Å². The van der Waals surface area contributed by atoms with Gasteiger partial charge < -0.3 is 14.2 Å². The summed E-state index contributed by atoms with van der Waals surface area (Å²) in [4.78, 5) is 25.4. The Morgan fingerprint density at radius 2 is 2.05 bits per heavy atom. The third-order valence-corrected chi connectivity index (χ3v) is 4.66. The molecular formula is C16H9NO2SUV-2. The number of fused-ring (bicyclic) bond motifs is 5. The Morgan fingerprint density at radius 3 is 2.77 bits per heavy atom. The molecule has 3 heterocycles. The van der Waals surface area contributed by atoms with Gasteiger partial charge in [-0.2, -0.15) is 6.07 Å². The van der Waals surface area contributed by atoms with E-state index in [1.165, 1.54) is 11.3 Å². The Bertz CT molecular complexity index is 945. The second-order valence-electron chi connectivity index (χ2n) is 4.86. The Hall–Kier alpha value is -0.564. The van der Waals surface area contributed by atoms with E-state index in [0.29, 0.717) is 11.8 Å². The molecule has 107 valence electrons. The molecule has 0 fully saturated rings. The molecule has 0 spiro atoms. The SMILES string of the molecule is Cc1[c-]c2c(=O)c([C-]=O)c3n(c2s1)-c1ccccc1C3.[U].[V]. The van der Waals surface area contributed by atoms with Crippen LogP contribution in [-0.2, 0) is 29.8 Å². The first-order chi connectivity index (χ1) is 9.70. The van der Waals surface area contributed by atoms with E-state index in [2.05, 4.69) is 6.07 Å². The van der Waals surface area contributed by atoms with Gasteiger partial charge in [0.15, 0.2) is 0 Å². The molecule has 6 heteroatoms. The summed E-state index contributed by atoms with van der Waals surface area (Å²) in [5.74, 6) is 0. The zero-order chi connectivity index (χ0) is 13.9. The molecule has 1 aliphatic heterocycles. The average molecular weight is 568 g/mol. The smallest absolute Gasteiger partial charge is 0.0680 e. The van der Waals surface area contributed by atoms with E-state index in [4.69, 9.17) is 0 Å². The van der Waals surface area contributed by atoms with Crippen LogP contribution in [0.4, 0.5) is 0 Å². The zero-order valence-corrected chi connectivity index (χ0v) is 18.0. The topological polar surface area (TPSA) is 39.1 Å². The number of hydrogen-bond acceptors (Lipinski definition) is 3. The second kappa shape index (κ2) is 6.51. The molecular weight excluding hydrogens is 559 g/mol. The summed E-state index contributed by atoms with van der Waals surface area (Å²) in [6, 6.07) is 11.0. The monoisotopic (exact) mass is 568 g/mol. The van der Waals surface area contributed by atoms with E-state index in [-0.39, 0.29) is 60.7 Å². The van der Waals surface area contributed by atoms with Crippen molar-refractivity contribution in [3.05, 3.63) is 62.3 Å². The zero-order valence-electron chi connectivity index (χ0n) is 11.6. The van der Waals surface area contributed by atoms with Gasteiger partial charge in [-0.15, -0.1) is 5.39 Å². The number of pyridine rings is 1. The number of benzene rings is 1. The summed E-state index contributed by atoms with van der Waals surface area (Å²) in [6.45, 7) is 1.92. The molecule has 2 aromatic heterocycles. The number of aryl methyl sites for hydroxylation is 1. The summed E-state index contributed by atoms with van der Waals surface area (Å²) in [5.41, 5.74) is 2.80. The number of hydrogen-bond donors (Lipinski definition) is 0. The number of rotatable bonds is 1. The Morgan fingerprint density at radius 1 is 1.32 bits per heavy atom. The quantitative estimate of drug-likeness (QED) is 0.332. The molecule has 0 bridgehead atoms. The first-order valence-electron chi connectivity index (χ1n) is 6.27. The van der Waals surface area contributed by atoms with Crippen molar-refractivity contribution < 1.29 is 54.5 Å². The second-order valence-corrected chi connectivity index (χ2v) is 6.06. The van der Waals surface area contributed by atoms with Crippen molar-refractivity contribution >= 4 is 27.8 Å². The average Bonchev–Trinajstić information content (AvgIpc) is 2.99. The maximum absolute atomic E-state index is 12.4. The predicted molar refractivity (Wildman–Crippen MR) is 78.6 cm³/mol. The van der Waals surface area contributed by atoms with Crippen LogP contribution in [0.3, 0.4) is 0 Å². The fourth-order valence-corrected chi connectivity index (χ4v) is 3.83. The molecule has 3 aromatic rings. The van der Waals surface area contributed by atoms with E-state index in [9.17, 15) is 9.59 Å². The minimum atomic E-state index is -0.251. The van der Waals surface area contributed by atoms with Crippen molar-refractivity contribution in [1.29, 1.82) is 0 Å². The molecule has 0 N–H and O–H groups in total. The summed E-state index contributed by atoms with van der Waals surface area (Å²) in [7, 11) is 0. The molecule has 0 aliphatic carbocycles. The summed E-state index contributed by atoms with van der Waals surface area (Å²) >= 11 is 1.53. The van der Waals surface area contributed by atoms with Gasteiger partial charge in [-0.3, -0.25) is 0 Å². The molecule has 0 unspecified atom stereocenters. The van der Waals surface area contributed by atoms with Gasteiger partial charge in [-0.05, 0) is 29.8 Å². The Balaban J connectivity index is 0.000000882. The van der Waals surface area contributed by atoms with Crippen LogP contribution < -0.4 is 5.43 Å². The number of para-hydroxylation sites is 1. The van der Waals surface area contributed by atoms with Crippen LogP contribution in [0, 0.1) is 44.1 Å². The van der Waals surface area contributed by atoms with Crippen molar-refractivity contribution in [2.24, 2.45) is 0 Å². The number of carbonyl (C=O) groups excluding carboxylic acids is 1. The fraction of sp³-hybridized carbons (Fsp3) is 0.125. The van der Waals surface area contributed by atoms with Crippen molar-refractivity contribution in [3.8, 4) is 5.69 Å². The first kappa shape index (κ1) is 17.8. The van der Waals surface area contributed by atoms with Gasteiger partial charge in [0.05, 0.1) is 11.7 Å². The largest absolute Gasteiger partial charge is 0.413 e. The third-order valence-electron chi connectivity index (χ3n) is 3.67. The Labute approximate surface area is 167 Å². The van der Waals surface area contributed by atoms with Crippen LogP contribution >= 0.6 is 11.3 Å². The van der Waals surface area contributed by atoms with Gasteiger partial charge in [0, 0.05) is 55.4 Å². The van der Waals surface area contributed by atoms with Crippen LogP contribution in [0.25, 0.3) is 15.9 Å². The number of nitrogens with zero attached hydrogens (tertiary/aromatic N) is 1. The first-order valence-corrected chi connectivity index (χ1v) is 7.09. The molecule has 0 amide bonds. The van der Waals surface area contributed by atoms with Crippen LogP contribution in [0.2, 0.25) is 0 Å². The molecule has 0 atom stereocenters. The Kier molecular flexibility index (Phi) is 5.26. The van der Waals surface area contributed by atoms with E-state index in [1.54, 1.807) is 0 Å². The van der Waals surface area contributed by atoms with Gasteiger partial charge in [0.1, 0.15) is 0 Å². The minimum Gasteiger partial charge on any atom is -0.413 e. The number of thiophene rings is 1. The van der Waals surface area contributed by atoms with Crippen LogP contribution in [0.1, 0.15) is 21.7 Å². The van der Waals surface area contributed by atoms with E-state index in [0.717, 1.165) is 26.7 Å². The molecule has 3 nitrogen and oxygen atoms in total. The van der Waals surface area contributed by atoms with Crippen LogP contribution in [-0.4, -0.2) is 10.9 Å². The fourth-order valence-electron chi connectivity index (χ4n) is 2.84. The summed E-state index contributed by atoms with van der Waals surface area (Å²) < 4.78 is 2.01. The van der Waals surface area contributed by atoms with E-state index in [1.807, 2.05) is 42.0 Å². The van der Waals surface area contributed by atoms with Crippen molar-refractivity contribution in [2.75, 3.05) is 0 Å². The van der Waals surface area contributed by atoms with Gasteiger partial charge in [0.25, 0.3) is 0 Å². The van der Waals surface area contributed by atoms with Crippen molar-refractivity contribution in [3.63, 3.8) is 0 Å². The van der Waals surface area contributed by atoms with Gasteiger partial charge in [-0.1, -0.05) is 34.3 Å². The van der Waals surface area contributed by atoms with Crippen molar-refractivity contribution in [2.45, 2.75) is 13.3 Å². The maximum Gasteiger partial charge on any atom is 0.0680 e. The van der Waals surface area contributed by atoms with Crippen LogP contribution in [0.15, 0.2) is 29.1 Å².